The number of carbonyl (C=O) groups is 1. The van der Waals surface area contributed by atoms with Crippen LogP contribution in [-0.4, -0.2) is 27.6 Å². The average Bonchev–Trinajstić information content (AvgIpc) is 2.78. The van der Waals surface area contributed by atoms with Gasteiger partial charge in [0.2, 0.25) is 5.91 Å². The molecule has 1 aliphatic heterocycles. The third kappa shape index (κ3) is 2.98. The second kappa shape index (κ2) is 5.94. The van der Waals surface area contributed by atoms with Gasteiger partial charge in [-0.05, 0) is 36.9 Å². The molecule has 2 aromatic rings. The van der Waals surface area contributed by atoms with Gasteiger partial charge in [0.15, 0.2) is 6.04 Å². The minimum atomic E-state index is -4.70. The zero-order valence-corrected chi connectivity index (χ0v) is 14.0. The zero-order valence-electron chi connectivity index (χ0n) is 14.0. The van der Waals surface area contributed by atoms with Gasteiger partial charge in [0.25, 0.3) is 5.69 Å². The number of nitro benzene ring substituents is 1. The van der Waals surface area contributed by atoms with Crippen LogP contribution < -0.4 is 5.43 Å². The van der Waals surface area contributed by atoms with E-state index in [1.54, 1.807) is 0 Å². The lowest BCUT2D eigenvalue weighted by molar-refractivity contribution is -0.383. The molecule has 0 saturated carbocycles. The van der Waals surface area contributed by atoms with Crippen LogP contribution in [-0.2, 0) is 4.79 Å². The van der Waals surface area contributed by atoms with Crippen molar-refractivity contribution in [3.8, 4) is 0 Å². The van der Waals surface area contributed by atoms with Crippen LogP contribution in [0.25, 0.3) is 10.8 Å². The van der Waals surface area contributed by atoms with E-state index in [2.05, 4.69) is 5.43 Å². The lowest BCUT2D eigenvalue weighted by atomic mass is 9.93. The lowest BCUT2D eigenvalue weighted by Gasteiger charge is -2.38. The van der Waals surface area contributed by atoms with Gasteiger partial charge < -0.3 is 0 Å². The van der Waals surface area contributed by atoms with Gasteiger partial charge in [-0.3, -0.25) is 20.3 Å². The molecule has 0 spiro atoms. The number of nitrogens with zero attached hydrogens (tertiary/aromatic N) is 2. The fraction of sp³-hybridized carbons (Fsp3) is 0.353. The normalized spacial score (nSPS) is 18.7. The van der Waals surface area contributed by atoms with Crippen molar-refractivity contribution in [1.29, 1.82) is 0 Å². The Morgan fingerprint density at radius 2 is 1.81 bits per heavy atom. The van der Waals surface area contributed by atoms with E-state index in [1.807, 2.05) is 0 Å². The molecule has 138 valence electrons. The molecule has 1 saturated heterocycles. The summed E-state index contributed by atoms with van der Waals surface area (Å²) in [5, 5.41) is 12.3. The predicted molar refractivity (Wildman–Crippen MR) is 88.1 cm³/mol. The van der Waals surface area contributed by atoms with E-state index in [4.69, 9.17) is 0 Å². The Kier molecular flexibility index (Phi) is 4.14. The SMILES string of the molecule is CC1(C)CC(=O)NN1[C@@H](c1ccc([N+](=O)[O-])c2ccccc12)C(F)(F)F. The van der Waals surface area contributed by atoms with E-state index in [0.717, 1.165) is 17.1 Å². The number of carbonyl (C=O) groups excluding carboxylic acids is 1. The highest BCUT2D eigenvalue weighted by Crippen LogP contribution is 2.45. The fourth-order valence-electron chi connectivity index (χ4n) is 3.38. The highest BCUT2D eigenvalue weighted by molar-refractivity contribution is 5.93. The number of nitro groups is 1. The monoisotopic (exact) mass is 367 g/mol. The number of benzene rings is 2. The summed E-state index contributed by atoms with van der Waals surface area (Å²) >= 11 is 0. The summed E-state index contributed by atoms with van der Waals surface area (Å²) in [6.45, 7) is 3.08. The standard InChI is InChI=1S/C17H16F3N3O3/c1-16(2)9-14(24)21-22(16)15(17(18,19)20)12-7-8-13(23(25)26)11-6-4-3-5-10(11)12/h3-8,15H,9H2,1-2H3,(H,21,24)/t15-/m0/s1. The van der Waals surface area contributed by atoms with Crippen molar-refractivity contribution in [3.63, 3.8) is 0 Å². The smallest absolute Gasteiger partial charge is 0.287 e. The first-order chi connectivity index (χ1) is 12.0. The summed E-state index contributed by atoms with van der Waals surface area (Å²) in [7, 11) is 0. The number of fused-ring (bicyclic) bond motifs is 1. The Balaban J connectivity index is 2.26. The molecule has 6 nitrogen and oxygen atoms in total. The molecular weight excluding hydrogens is 351 g/mol. The maximum atomic E-state index is 14.0. The molecule has 1 aliphatic rings. The number of halogens is 3. The largest absolute Gasteiger partial charge is 0.409 e. The van der Waals surface area contributed by atoms with Crippen molar-refractivity contribution in [3.05, 3.63) is 52.1 Å². The lowest BCUT2D eigenvalue weighted by Crippen LogP contribution is -2.51. The zero-order chi connectivity index (χ0) is 19.3. The second-order valence-corrected chi connectivity index (χ2v) is 6.81. The van der Waals surface area contributed by atoms with E-state index in [0.29, 0.717) is 0 Å². The van der Waals surface area contributed by atoms with Crippen LogP contribution in [0.15, 0.2) is 36.4 Å². The number of hydrazine groups is 1. The summed E-state index contributed by atoms with van der Waals surface area (Å²) in [6.07, 6.45) is -4.78. The highest BCUT2D eigenvalue weighted by Gasteiger charge is 2.53. The molecule has 0 bridgehead atoms. The molecule has 3 rings (SSSR count). The predicted octanol–water partition coefficient (Wildman–Crippen LogP) is 3.87. The quantitative estimate of drug-likeness (QED) is 0.660. The Bertz CT molecular complexity index is 896. The Hall–Kier alpha value is -2.68. The summed E-state index contributed by atoms with van der Waals surface area (Å²) in [4.78, 5) is 22.3. The van der Waals surface area contributed by atoms with Gasteiger partial charge in [-0.1, -0.05) is 18.2 Å². The van der Waals surface area contributed by atoms with Crippen LogP contribution in [0.5, 0.6) is 0 Å². The van der Waals surface area contributed by atoms with Crippen LogP contribution in [0.1, 0.15) is 31.9 Å². The molecule has 1 fully saturated rings. The van der Waals surface area contributed by atoms with E-state index in [1.165, 1.54) is 38.1 Å². The first-order valence-electron chi connectivity index (χ1n) is 7.84. The van der Waals surface area contributed by atoms with Crippen LogP contribution in [0, 0.1) is 10.1 Å². The van der Waals surface area contributed by atoms with E-state index in [-0.39, 0.29) is 28.4 Å². The number of alkyl halides is 3. The number of rotatable bonds is 3. The topological polar surface area (TPSA) is 75.5 Å². The van der Waals surface area contributed by atoms with Crippen molar-refractivity contribution in [1.82, 2.24) is 10.4 Å². The maximum Gasteiger partial charge on any atom is 0.409 e. The van der Waals surface area contributed by atoms with Crippen LogP contribution >= 0.6 is 0 Å². The van der Waals surface area contributed by atoms with Crippen molar-refractivity contribution in [2.45, 2.75) is 38.0 Å². The molecule has 1 atom stereocenters. The molecule has 2 aromatic carbocycles. The van der Waals surface area contributed by atoms with Crippen LogP contribution in [0.4, 0.5) is 18.9 Å². The first kappa shape index (κ1) is 18.1. The Morgan fingerprint density at radius 3 is 2.31 bits per heavy atom. The molecule has 1 heterocycles. The molecule has 1 amide bonds. The number of non-ortho nitro benzene ring substituents is 1. The van der Waals surface area contributed by atoms with Gasteiger partial charge in [-0.25, -0.2) is 0 Å². The third-order valence-corrected chi connectivity index (χ3v) is 4.48. The van der Waals surface area contributed by atoms with Crippen molar-refractivity contribution >= 4 is 22.4 Å². The second-order valence-electron chi connectivity index (χ2n) is 6.81. The average molecular weight is 367 g/mol. The number of nitrogens with one attached hydrogen (secondary N) is 1. The van der Waals surface area contributed by atoms with Gasteiger partial charge in [0, 0.05) is 18.0 Å². The number of amides is 1. The molecule has 26 heavy (non-hydrogen) atoms. The maximum absolute atomic E-state index is 14.0. The minimum Gasteiger partial charge on any atom is -0.287 e. The van der Waals surface area contributed by atoms with Crippen molar-refractivity contribution < 1.29 is 22.9 Å². The molecule has 9 heteroatoms. The Morgan fingerprint density at radius 1 is 1.19 bits per heavy atom. The van der Waals surface area contributed by atoms with E-state index >= 15 is 0 Å². The van der Waals surface area contributed by atoms with Gasteiger partial charge in [-0.15, -0.1) is 0 Å². The van der Waals surface area contributed by atoms with Crippen molar-refractivity contribution in [2.75, 3.05) is 0 Å². The molecule has 0 aromatic heterocycles. The Labute approximate surface area is 146 Å². The molecule has 1 N–H and O–H groups in total. The number of hydrogen-bond acceptors (Lipinski definition) is 4. The van der Waals surface area contributed by atoms with Gasteiger partial charge in [0.05, 0.1) is 10.3 Å². The van der Waals surface area contributed by atoms with E-state index in [9.17, 15) is 28.1 Å². The van der Waals surface area contributed by atoms with E-state index < -0.39 is 28.6 Å². The number of hydrogen-bond donors (Lipinski definition) is 1. The summed E-state index contributed by atoms with van der Waals surface area (Å²) in [6, 6.07) is 5.94. The van der Waals surface area contributed by atoms with Gasteiger partial charge in [-0.2, -0.15) is 18.2 Å². The molecule has 0 unspecified atom stereocenters. The summed E-state index contributed by atoms with van der Waals surface area (Å²) in [5.74, 6) is -0.504. The summed E-state index contributed by atoms with van der Waals surface area (Å²) in [5.41, 5.74) is 0.810. The third-order valence-electron chi connectivity index (χ3n) is 4.48. The molecule has 0 aliphatic carbocycles. The fourth-order valence-corrected chi connectivity index (χ4v) is 3.38. The van der Waals surface area contributed by atoms with Gasteiger partial charge >= 0.3 is 6.18 Å². The molecular formula is C17H16F3N3O3. The molecule has 0 radical (unpaired) electrons. The highest BCUT2D eigenvalue weighted by atomic mass is 19.4. The van der Waals surface area contributed by atoms with Crippen LogP contribution in [0.2, 0.25) is 0 Å². The first-order valence-corrected chi connectivity index (χ1v) is 7.84. The minimum absolute atomic E-state index is 0.0789. The van der Waals surface area contributed by atoms with Crippen molar-refractivity contribution in [2.24, 2.45) is 0 Å². The van der Waals surface area contributed by atoms with Gasteiger partial charge in [0.1, 0.15) is 0 Å². The summed E-state index contributed by atoms with van der Waals surface area (Å²) < 4.78 is 42.0. The van der Waals surface area contributed by atoms with Crippen LogP contribution in [0.3, 0.4) is 0 Å².